The molecule has 4 N–H and O–H groups in total. The Balaban J connectivity index is 1.77. The number of rotatable bonds is 7. The van der Waals surface area contributed by atoms with Crippen molar-refractivity contribution in [3.63, 3.8) is 0 Å². The lowest BCUT2D eigenvalue weighted by Crippen LogP contribution is -2.16. The normalized spacial score (nSPS) is 14.1. The first-order valence-electron chi connectivity index (χ1n) is 11.0. The van der Waals surface area contributed by atoms with Crippen LogP contribution >= 0.6 is 0 Å². The number of methoxy groups -OCH3 is 2. The van der Waals surface area contributed by atoms with Gasteiger partial charge in [0.15, 0.2) is 17.3 Å². The van der Waals surface area contributed by atoms with E-state index in [0.29, 0.717) is 45.6 Å². The molecule has 1 aliphatic rings. The van der Waals surface area contributed by atoms with Crippen molar-refractivity contribution in [3.8, 4) is 22.9 Å². The zero-order chi connectivity index (χ0) is 24.5. The zero-order valence-electron chi connectivity index (χ0n) is 19.5. The summed E-state index contributed by atoms with van der Waals surface area (Å²) < 4.78 is 10.8. The number of anilines is 1. The third-order valence-corrected chi connectivity index (χ3v) is 5.73. The SMILES string of the molecule is CN=Cc1[nH]c(=O)c(-c2nc3cc(OC)c(OC)cc3[nH]2)c(N=C(c2ncccn2)C2CC2)c1N. The largest absolute Gasteiger partial charge is 0.493 e. The van der Waals surface area contributed by atoms with Gasteiger partial charge in [-0.2, -0.15) is 0 Å². The number of imidazole rings is 1. The van der Waals surface area contributed by atoms with Gasteiger partial charge in [-0.1, -0.05) is 0 Å². The van der Waals surface area contributed by atoms with Gasteiger partial charge in [-0.05, 0) is 18.9 Å². The number of pyridine rings is 1. The molecule has 0 unspecified atom stereocenters. The highest BCUT2D eigenvalue weighted by atomic mass is 16.5. The Morgan fingerprint density at radius 3 is 2.51 bits per heavy atom. The molecule has 3 heterocycles. The third-order valence-electron chi connectivity index (χ3n) is 5.73. The maximum atomic E-state index is 13.3. The summed E-state index contributed by atoms with van der Waals surface area (Å²) in [6.07, 6.45) is 6.74. The van der Waals surface area contributed by atoms with Crippen LogP contribution in [-0.4, -0.2) is 58.1 Å². The number of nitrogen functional groups attached to an aromatic ring is 1. The molecule has 5 rings (SSSR count). The number of aromatic amines is 2. The van der Waals surface area contributed by atoms with Gasteiger partial charge in [0.25, 0.3) is 5.56 Å². The topological polar surface area (TPSA) is 157 Å². The molecular formula is C24H24N8O3. The molecule has 0 spiro atoms. The lowest BCUT2D eigenvalue weighted by atomic mass is 10.1. The van der Waals surface area contributed by atoms with Crippen molar-refractivity contribution in [1.82, 2.24) is 24.9 Å². The first kappa shape index (κ1) is 22.3. The molecule has 0 aliphatic heterocycles. The van der Waals surface area contributed by atoms with E-state index in [-0.39, 0.29) is 22.9 Å². The minimum atomic E-state index is -0.407. The van der Waals surface area contributed by atoms with Gasteiger partial charge in [-0.25, -0.2) is 19.9 Å². The van der Waals surface area contributed by atoms with Crippen molar-refractivity contribution >= 4 is 34.3 Å². The van der Waals surface area contributed by atoms with Crippen LogP contribution in [0.25, 0.3) is 22.4 Å². The predicted octanol–water partition coefficient (Wildman–Crippen LogP) is 2.89. The maximum Gasteiger partial charge on any atom is 0.261 e. The van der Waals surface area contributed by atoms with E-state index < -0.39 is 5.56 Å². The van der Waals surface area contributed by atoms with E-state index in [4.69, 9.17) is 20.2 Å². The smallest absolute Gasteiger partial charge is 0.261 e. The number of nitrogens with one attached hydrogen (secondary N) is 2. The number of hydrogen-bond acceptors (Lipinski definition) is 9. The number of aromatic nitrogens is 5. The second-order valence-electron chi connectivity index (χ2n) is 8.05. The molecule has 1 saturated carbocycles. The van der Waals surface area contributed by atoms with E-state index in [2.05, 4.69) is 29.9 Å². The van der Waals surface area contributed by atoms with Gasteiger partial charge in [0.2, 0.25) is 0 Å². The molecule has 4 aromatic rings. The monoisotopic (exact) mass is 472 g/mol. The fourth-order valence-electron chi connectivity index (χ4n) is 3.88. The van der Waals surface area contributed by atoms with Crippen LogP contribution in [0, 0.1) is 5.92 Å². The second kappa shape index (κ2) is 9.01. The fourth-order valence-corrected chi connectivity index (χ4v) is 3.88. The van der Waals surface area contributed by atoms with Crippen molar-refractivity contribution in [2.75, 3.05) is 27.0 Å². The summed E-state index contributed by atoms with van der Waals surface area (Å²) in [6.45, 7) is 0. The molecule has 1 aliphatic carbocycles. The van der Waals surface area contributed by atoms with Crippen LogP contribution < -0.4 is 20.8 Å². The Kier molecular flexibility index (Phi) is 5.73. The maximum absolute atomic E-state index is 13.3. The van der Waals surface area contributed by atoms with E-state index in [1.165, 1.54) is 6.21 Å². The van der Waals surface area contributed by atoms with E-state index >= 15 is 0 Å². The molecule has 11 nitrogen and oxygen atoms in total. The first-order valence-corrected chi connectivity index (χ1v) is 11.0. The summed E-state index contributed by atoms with van der Waals surface area (Å²) in [5.74, 6) is 2.07. The van der Waals surface area contributed by atoms with Crippen molar-refractivity contribution < 1.29 is 9.47 Å². The summed E-state index contributed by atoms with van der Waals surface area (Å²) in [5.41, 5.74) is 9.19. The Morgan fingerprint density at radius 1 is 1.14 bits per heavy atom. The van der Waals surface area contributed by atoms with Crippen LogP contribution in [0.3, 0.4) is 0 Å². The molecular weight excluding hydrogens is 448 g/mol. The Bertz CT molecular complexity index is 1480. The first-order chi connectivity index (χ1) is 17.0. The lowest BCUT2D eigenvalue weighted by Gasteiger charge is -2.11. The van der Waals surface area contributed by atoms with Crippen LogP contribution in [0.15, 0.2) is 45.4 Å². The van der Waals surface area contributed by atoms with Gasteiger partial charge in [0.1, 0.15) is 17.1 Å². The van der Waals surface area contributed by atoms with Gasteiger partial charge in [-0.15, -0.1) is 0 Å². The van der Waals surface area contributed by atoms with Gasteiger partial charge in [-0.3, -0.25) is 9.79 Å². The Labute approximate surface area is 200 Å². The van der Waals surface area contributed by atoms with E-state index in [0.717, 1.165) is 12.8 Å². The number of ether oxygens (including phenoxy) is 2. The Hall–Kier alpha value is -4.54. The van der Waals surface area contributed by atoms with E-state index in [9.17, 15) is 4.79 Å². The summed E-state index contributed by atoms with van der Waals surface area (Å²) in [5, 5.41) is 0. The molecule has 0 radical (unpaired) electrons. The number of benzene rings is 1. The molecule has 1 aromatic carbocycles. The molecule has 35 heavy (non-hydrogen) atoms. The molecule has 0 saturated heterocycles. The van der Waals surface area contributed by atoms with E-state index in [1.807, 2.05) is 0 Å². The van der Waals surface area contributed by atoms with Crippen molar-refractivity contribution in [3.05, 3.63) is 52.5 Å². The van der Waals surface area contributed by atoms with E-state index in [1.54, 1.807) is 51.9 Å². The number of nitrogens with zero attached hydrogens (tertiary/aromatic N) is 5. The van der Waals surface area contributed by atoms with Crippen LogP contribution in [0.4, 0.5) is 11.4 Å². The second-order valence-corrected chi connectivity index (χ2v) is 8.05. The number of fused-ring (bicyclic) bond motifs is 1. The van der Waals surface area contributed by atoms with Crippen LogP contribution in [0.5, 0.6) is 11.5 Å². The number of hydrogen-bond donors (Lipinski definition) is 3. The van der Waals surface area contributed by atoms with Crippen molar-refractivity contribution in [2.24, 2.45) is 15.9 Å². The third kappa shape index (κ3) is 4.12. The van der Waals surface area contributed by atoms with Gasteiger partial charge < -0.3 is 25.2 Å². The standard InChI is InChI=1S/C24H24N8O3/c1-26-11-15-19(25)21(32-20(12-5-6-12)23-27-7-4-8-28-23)18(24(33)31-15)22-29-13-9-16(34-2)17(35-3)10-14(13)30-22/h4,7-12H,5-6,25H2,1-3H3,(H,29,30)(H,31,33). The van der Waals surface area contributed by atoms with Crippen LogP contribution in [-0.2, 0) is 0 Å². The summed E-state index contributed by atoms with van der Waals surface area (Å²) in [6, 6.07) is 5.24. The molecule has 0 amide bonds. The summed E-state index contributed by atoms with van der Waals surface area (Å²) >= 11 is 0. The van der Waals surface area contributed by atoms with Crippen LogP contribution in [0.1, 0.15) is 24.4 Å². The number of H-pyrrole nitrogens is 2. The van der Waals surface area contributed by atoms with Gasteiger partial charge >= 0.3 is 0 Å². The predicted molar refractivity (Wildman–Crippen MR) is 134 cm³/mol. The quantitative estimate of drug-likeness (QED) is 0.349. The molecule has 3 aromatic heterocycles. The van der Waals surface area contributed by atoms with Crippen LogP contribution in [0.2, 0.25) is 0 Å². The summed E-state index contributed by atoms with van der Waals surface area (Å²) in [7, 11) is 4.70. The molecule has 0 bridgehead atoms. The van der Waals surface area contributed by atoms with Crippen molar-refractivity contribution in [1.29, 1.82) is 0 Å². The zero-order valence-corrected chi connectivity index (χ0v) is 19.5. The van der Waals surface area contributed by atoms with Gasteiger partial charge in [0.05, 0.1) is 42.3 Å². The highest BCUT2D eigenvalue weighted by molar-refractivity contribution is 6.05. The van der Waals surface area contributed by atoms with Crippen molar-refractivity contribution in [2.45, 2.75) is 12.8 Å². The number of nitrogens with two attached hydrogens (primary N) is 1. The highest BCUT2D eigenvalue weighted by Crippen LogP contribution is 2.39. The highest BCUT2D eigenvalue weighted by Gasteiger charge is 2.31. The fraction of sp³-hybridized carbons (Fsp3) is 0.250. The molecule has 11 heteroatoms. The summed E-state index contributed by atoms with van der Waals surface area (Å²) in [4.78, 5) is 41.6. The minimum Gasteiger partial charge on any atom is -0.493 e. The average Bonchev–Trinajstić information content (AvgIpc) is 3.63. The van der Waals surface area contributed by atoms with Gasteiger partial charge in [0, 0.05) is 43.7 Å². The average molecular weight is 473 g/mol. The molecule has 178 valence electrons. The minimum absolute atomic E-state index is 0.191. The Morgan fingerprint density at radius 2 is 1.86 bits per heavy atom. The molecule has 0 atom stereocenters. The number of aliphatic imine (C=N–C) groups is 2. The molecule has 1 fully saturated rings. The lowest BCUT2D eigenvalue weighted by molar-refractivity contribution is 0.356.